The van der Waals surface area contributed by atoms with Crippen molar-refractivity contribution in [1.29, 1.82) is 0 Å². The van der Waals surface area contributed by atoms with E-state index in [-0.39, 0.29) is 0 Å². The fraction of sp³-hybridized carbons (Fsp3) is 0.455. The second-order valence-electron chi connectivity index (χ2n) is 3.67. The van der Waals surface area contributed by atoms with Gasteiger partial charge in [-0.05, 0) is 23.3 Å². The summed E-state index contributed by atoms with van der Waals surface area (Å²) >= 11 is 1.99. The Bertz CT molecular complexity index is 347. The van der Waals surface area contributed by atoms with E-state index in [4.69, 9.17) is 4.74 Å². The van der Waals surface area contributed by atoms with Gasteiger partial charge in [0, 0.05) is 18.7 Å². The lowest BCUT2D eigenvalue weighted by molar-refractivity contribution is 0.357. The average molecular weight is 207 g/mol. The third kappa shape index (κ3) is 1.41. The van der Waals surface area contributed by atoms with Crippen LogP contribution in [0.1, 0.15) is 16.5 Å². The Kier molecular flexibility index (Phi) is 2.14. The molecule has 3 heteroatoms. The first-order valence-electron chi connectivity index (χ1n) is 5.04. The smallest absolute Gasteiger partial charge is 0.122 e. The van der Waals surface area contributed by atoms with Gasteiger partial charge >= 0.3 is 0 Å². The van der Waals surface area contributed by atoms with Crippen LogP contribution >= 0.6 is 11.8 Å². The zero-order chi connectivity index (χ0) is 9.38. The molecule has 0 amide bonds. The Morgan fingerprint density at radius 2 is 2.43 bits per heavy atom. The molecule has 0 aromatic heterocycles. The molecule has 0 saturated carbocycles. The van der Waals surface area contributed by atoms with Crippen molar-refractivity contribution in [3.05, 3.63) is 29.3 Å². The largest absolute Gasteiger partial charge is 0.493 e. The van der Waals surface area contributed by atoms with E-state index in [2.05, 4.69) is 23.5 Å². The second kappa shape index (κ2) is 3.48. The van der Waals surface area contributed by atoms with Crippen LogP contribution in [0.3, 0.4) is 0 Å². The molecule has 1 aromatic carbocycles. The number of nitrogens with one attached hydrogen (secondary N) is 1. The summed E-state index contributed by atoms with van der Waals surface area (Å²) in [5, 5.41) is 3.99. The number of hydrogen-bond acceptors (Lipinski definition) is 3. The van der Waals surface area contributed by atoms with E-state index in [9.17, 15) is 0 Å². The van der Waals surface area contributed by atoms with Gasteiger partial charge < -0.3 is 10.1 Å². The maximum absolute atomic E-state index is 5.49. The van der Waals surface area contributed by atoms with Crippen LogP contribution in [0.5, 0.6) is 5.75 Å². The Morgan fingerprint density at radius 1 is 1.43 bits per heavy atom. The van der Waals surface area contributed by atoms with Crippen LogP contribution in [-0.4, -0.2) is 18.9 Å². The summed E-state index contributed by atoms with van der Waals surface area (Å²) in [5.74, 6) is 2.30. The first-order valence-corrected chi connectivity index (χ1v) is 6.09. The molecular weight excluding hydrogens is 194 g/mol. The van der Waals surface area contributed by atoms with Gasteiger partial charge in [0.25, 0.3) is 0 Å². The predicted octanol–water partition coefficient (Wildman–Crippen LogP) is 1.96. The minimum absolute atomic E-state index is 0.501. The van der Waals surface area contributed by atoms with Crippen LogP contribution in [0, 0.1) is 0 Å². The summed E-state index contributed by atoms with van der Waals surface area (Å²) in [4.78, 5) is 0. The molecule has 2 aliphatic heterocycles. The van der Waals surface area contributed by atoms with Crippen LogP contribution in [0.25, 0.3) is 0 Å². The normalized spacial score (nSPS) is 24.7. The first kappa shape index (κ1) is 8.62. The standard InChI is InChI=1S/C11H13NOS/c1-2-10-8(3-5-13-10)7-9(1)11-12-4-6-14-11/h1-2,7,11-12H,3-6H2. The summed E-state index contributed by atoms with van der Waals surface area (Å²) < 4.78 is 5.49. The fourth-order valence-electron chi connectivity index (χ4n) is 2.01. The van der Waals surface area contributed by atoms with Crippen molar-refractivity contribution < 1.29 is 4.74 Å². The Balaban J connectivity index is 1.91. The Hall–Kier alpha value is -0.670. The van der Waals surface area contributed by atoms with Gasteiger partial charge in [-0.1, -0.05) is 6.07 Å². The van der Waals surface area contributed by atoms with Crippen molar-refractivity contribution in [2.45, 2.75) is 11.8 Å². The number of fused-ring (bicyclic) bond motifs is 1. The SMILES string of the molecule is c1cc2c(cc1C1NCCS1)CCO2. The van der Waals surface area contributed by atoms with Crippen LogP contribution in [-0.2, 0) is 6.42 Å². The van der Waals surface area contributed by atoms with E-state index < -0.39 is 0 Å². The topological polar surface area (TPSA) is 21.3 Å². The number of ether oxygens (including phenoxy) is 1. The molecule has 0 spiro atoms. The highest BCUT2D eigenvalue weighted by Crippen LogP contribution is 2.34. The summed E-state index contributed by atoms with van der Waals surface area (Å²) in [5.41, 5.74) is 2.77. The van der Waals surface area contributed by atoms with E-state index in [0.717, 1.165) is 25.3 Å². The minimum Gasteiger partial charge on any atom is -0.493 e. The lowest BCUT2D eigenvalue weighted by Crippen LogP contribution is -2.11. The van der Waals surface area contributed by atoms with E-state index >= 15 is 0 Å². The lowest BCUT2D eigenvalue weighted by atomic mass is 10.1. The highest BCUT2D eigenvalue weighted by atomic mass is 32.2. The molecule has 1 saturated heterocycles. The van der Waals surface area contributed by atoms with Gasteiger partial charge in [-0.2, -0.15) is 0 Å². The summed E-state index contributed by atoms with van der Waals surface area (Å²) in [6.07, 6.45) is 1.07. The van der Waals surface area contributed by atoms with E-state index in [0.29, 0.717) is 5.37 Å². The molecule has 14 heavy (non-hydrogen) atoms. The molecule has 2 aliphatic rings. The molecule has 1 aromatic rings. The fourth-order valence-corrected chi connectivity index (χ4v) is 3.06. The molecule has 3 rings (SSSR count). The number of benzene rings is 1. The molecule has 1 N–H and O–H groups in total. The zero-order valence-electron chi connectivity index (χ0n) is 7.95. The van der Waals surface area contributed by atoms with Crippen molar-refractivity contribution in [2.24, 2.45) is 0 Å². The third-order valence-electron chi connectivity index (χ3n) is 2.73. The third-order valence-corrected chi connectivity index (χ3v) is 3.94. The summed E-state index contributed by atoms with van der Waals surface area (Å²) in [7, 11) is 0. The molecule has 0 aliphatic carbocycles. The van der Waals surface area contributed by atoms with Crippen molar-refractivity contribution in [3.8, 4) is 5.75 Å². The van der Waals surface area contributed by atoms with E-state index in [1.807, 2.05) is 11.8 Å². The van der Waals surface area contributed by atoms with Crippen molar-refractivity contribution in [2.75, 3.05) is 18.9 Å². The van der Waals surface area contributed by atoms with E-state index in [1.54, 1.807) is 0 Å². The summed E-state index contributed by atoms with van der Waals surface area (Å²) in [6, 6.07) is 6.58. The molecule has 74 valence electrons. The highest BCUT2D eigenvalue weighted by Gasteiger charge is 2.19. The van der Waals surface area contributed by atoms with Gasteiger partial charge in [-0.25, -0.2) is 0 Å². The monoisotopic (exact) mass is 207 g/mol. The minimum atomic E-state index is 0.501. The predicted molar refractivity (Wildman–Crippen MR) is 58.8 cm³/mol. The van der Waals surface area contributed by atoms with E-state index in [1.165, 1.54) is 16.9 Å². The lowest BCUT2D eigenvalue weighted by Gasteiger charge is -2.10. The molecule has 0 radical (unpaired) electrons. The molecular formula is C11H13NOS. The molecule has 1 atom stereocenters. The Labute approximate surface area is 88.0 Å². The number of rotatable bonds is 1. The molecule has 1 unspecified atom stereocenters. The molecule has 0 bridgehead atoms. The molecule has 2 heterocycles. The van der Waals surface area contributed by atoms with Gasteiger partial charge in [-0.3, -0.25) is 0 Å². The van der Waals surface area contributed by atoms with Crippen LogP contribution in [0.2, 0.25) is 0 Å². The summed E-state index contributed by atoms with van der Waals surface area (Å²) in [6.45, 7) is 1.98. The maximum atomic E-state index is 5.49. The van der Waals surface area contributed by atoms with Gasteiger partial charge in [0.1, 0.15) is 5.75 Å². The van der Waals surface area contributed by atoms with Crippen molar-refractivity contribution in [1.82, 2.24) is 5.32 Å². The van der Waals surface area contributed by atoms with Gasteiger partial charge in [0.2, 0.25) is 0 Å². The Morgan fingerprint density at radius 3 is 3.29 bits per heavy atom. The number of hydrogen-bond donors (Lipinski definition) is 1. The van der Waals surface area contributed by atoms with Crippen LogP contribution < -0.4 is 10.1 Å². The van der Waals surface area contributed by atoms with Gasteiger partial charge in [-0.15, -0.1) is 11.8 Å². The number of thioether (sulfide) groups is 1. The average Bonchev–Trinajstić information content (AvgIpc) is 2.88. The second-order valence-corrected chi connectivity index (χ2v) is 4.88. The first-order chi connectivity index (χ1) is 6.93. The maximum Gasteiger partial charge on any atom is 0.122 e. The molecule has 1 fully saturated rings. The zero-order valence-corrected chi connectivity index (χ0v) is 8.77. The van der Waals surface area contributed by atoms with Gasteiger partial charge in [0.05, 0.1) is 12.0 Å². The van der Waals surface area contributed by atoms with Crippen LogP contribution in [0.15, 0.2) is 18.2 Å². The van der Waals surface area contributed by atoms with Gasteiger partial charge in [0.15, 0.2) is 0 Å². The quantitative estimate of drug-likeness (QED) is 0.760. The van der Waals surface area contributed by atoms with Crippen LogP contribution in [0.4, 0.5) is 0 Å². The highest BCUT2D eigenvalue weighted by molar-refractivity contribution is 7.99. The van der Waals surface area contributed by atoms with Crippen molar-refractivity contribution in [3.63, 3.8) is 0 Å². The van der Waals surface area contributed by atoms with Crippen molar-refractivity contribution >= 4 is 11.8 Å². The molecule has 2 nitrogen and oxygen atoms in total.